The lowest BCUT2D eigenvalue weighted by atomic mass is 10.1. The maximum atomic E-state index is 11.7. The molecule has 5 heteroatoms. The van der Waals surface area contributed by atoms with Crippen molar-refractivity contribution < 1.29 is 0 Å². The molecule has 3 heterocycles. The third-order valence-corrected chi connectivity index (χ3v) is 4.75. The predicted molar refractivity (Wildman–Crippen MR) is 79.9 cm³/mol. The molecule has 1 fully saturated rings. The first-order valence-corrected chi connectivity index (χ1v) is 7.95. The number of piperidine rings is 1. The second-order valence-electron chi connectivity index (χ2n) is 6.21. The molecule has 0 aliphatic carbocycles. The summed E-state index contributed by atoms with van der Waals surface area (Å²) in [5, 5.41) is 2.87. The van der Waals surface area contributed by atoms with Gasteiger partial charge in [0.1, 0.15) is 0 Å². The van der Waals surface area contributed by atoms with Crippen molar-refractivity contribution in [3.63, 3.8) is 0 Å². The summed E-state index contributed by atoms with van der Waals surface area (Å²) in [6.45, 7) is 6.91. The average Bonchev–Trinajstić information content (AvgIpc) is 2.75. The Balaban J connectivity index is 1.48. The summed E-state index contributed by atoms with van der Waals surface area (Å²) >= 11 is 0. The van der Waals surface area contributed by atoms with Crippen molar-refractivity contribution >= 4 is 0 Å². The minimum Gasteiger partial charge on any atom is -0.303 e. The van der Waals surface area contributed by atoms with Gasteiger partial charge < -0.3 is 4.90 Å². The number of aromatic nitrogens is 2. The molecule has 0 unspecified atom stereocenters. The van der Waals surface area contributed by atoms with Crippen molar-refractivity contribution in [1.29, 1.82) is 0 Å². The first kappa shape index (κ1) is 13.9. The van der Waals surface area contributed by atoms with Crippen molar-refractivity contribution in [3.05, 3.63) is 21.6 Å². The van der Waals surface area contributed by atoms with E-state index in [1.54, 1.807) is 0 Å². The topological polar surface area (TPSA) is 44.3 Å². The fourth-order valence-electron chi connectivity index (χ4n) is 3.53. The van der Waals surface area contributed by atoms with Crippen molar-refractivity contribution in [2.45, 2.75) is 38.6 Å². The number of aryl methyl sites for hydroxylation is 1. The van der Waals surface area contributed by atoms with Crippen LogP contribution in [0.2, 0.25) is 0 Å². The van der Waals surface area contributed by atoms with Crippen molar-refractivity contribution in [2.24, 2.45) is 7.05 Å². The van der Waals surface area contributed by atoms with Crippen LogP contribution in [0.25, 0.3) is 0 Å². The molecule has 0 radical (unpaired) electrons. The molecular weight excluding hydrogens is 252 g/mol. The SMILES string of the molecule is Cn1[nH]c(=O)c2c1CN(CCCN1CCCCC1)CC2. The van der Waals surface area contributed by atoms with Crippen LogP contribution in [0, 0.1) is 0 Å². The van der Waals surface area contributed by atoms with Gasteiger partial charge in [-0.2, -0.15) is 0 Å². The minimum atomic E-state index is 0.107. The Kier molecular flexibility index (Phi) is 4.27. The van der Waals surface area contributed by atoms with Crippen molar-refractivity contribution in [3.8, 4) is 0 Å². The van der Waals surface area contributed by atoms with Crippen LogP contribution in [0.1, 0.15) is 36.9 Å². The molecule has 0 saturated carbocycles. The molecule has 0 aromatic carbocycles. The standard InChI is InChI=1S/C15H26N4O/c1-17-14-12-19(11-6-13(14)15(20)16-17)10-5-9-18-7-3-2-4-8-18/h2-12H2,1H3,(H,16,20). The van der Waals surface area contributed by atoms with Crippen LogP contribution < -0.4 is 5.56 Å². The van der Waals surface area contributed by atoms with Gasteiger partial charge in [-0.05, 0) is 51.9 Å². The average molecular weight is 278 g/mol. The Hall–Kier alpha value is -1.07. The van der Waals surface area contributed by atoms with Gasteiger partial charge in [-0.15, -0.1) is 0 Å². The highest BCUT2D eigenvalue weighted by Crippen LogP contribution is 2.15. The van der Waals surface area contributed by atoms with E-state index in [-0.39, 0.29) is 5.56 Å². The van der Waals surface area contributed by atoms with Gasteiger partial charge in [0.05, 0.1) is 5.69 Å². The summed E-state index contributed by atoms with van der Waals surface area (Å²) in [7, 11) is 1.94. The summed E-state index contributed by atoms with van der Waals surface area (Å²) in [5.41, 5.74) is 2.29. The second-order valence-corrected chi connectivity index (χ2v) is 6.21. The van der Waals surface area contributed by atoms with Gasteiger partial charge in [0.15, 0.2) is 0 Å². The number of H-pyrrole nitrogens is 1. The number of rotatable bonds is 4. The van der Waals surface area contributed by atoms with Crippen LogP contribution in [-0.4, -0.2) is 52.3 Å². The van der Waals surface area contributed by atoms with E-state index in [9.17, 15) is 4.79 Å². The summed E-state index contributed by atoms with van der Waals surface area (Å²) in [6, 6.07) is 0. The highest BCUT2D eigenvalue weighted by atomic mass is 16.1. The first-order chi connectivity index (χ1) is 9.74. The molecule has 5 nitrogen and oxygen atoms in total. The smallest absolute Gasteiger partial charge is 0.267 e. The first-order valence-electron chi connectivity index (χ1n) is 7.95. The van der Waals surface area contributed by atoms with E-state index >= 15 is 0 Å². The maximum absolute atomic E-state index is 11.7. The van der Waals surface area contributed by atoms with Crippen LogP contribution in [0.3, 0.4) is 0 Å². The number of likely N-dealkylation sites (tertiary alicyclic amines) is 1. The number of fused-ring (bicyclic) bond motifs is 1. The third-order valence-electron chi connectivity index (χ3n) is 4.75. The Morgan fingerprint density at radius 1 is 1.05 bits per heavy atom. The van der Waals surface area contributed by atoms with E-state index in [0.29, 0.717) is 0 Å². The number of nitrogens with one attached hydrogen (secondary N) is 1. The third kappa shape index (κ3) is 2.99. The van der Waals surface area contributed by atoms with Crippen molar-refractivity contribution in [2.75, 3.05) is 32.7 Å². The molecule has 3 rings (SSSR count). The van der Waals surface area contributed by atoms with Crippen molar-refractivity contribution in [1.82, 2.24) is 19.6 Å². The van der Waals surface area contributed by atoms with E-state index in [2.05, 4.69) is 14.9 Å². The van der Waals surface area contributed by atoms with Crippen LogP contribution in [-0.2, 0) is 20.0 Å². The second kappa shape index (κ2) is 6.14. The zero-order chi connectivity index (χ0) is 13.9. The zero-order valence-corrected chi connectivity index (χ0v) is 12.5. The monoisotopic (exact) mass is 278 g/mol. The molecule has 1 saturated heterocycles. The minimum absolute atomic E-state index is 0.107. The van der Waals surface area contributed by atoms with E-state index in [1.807, 2.05) is 11.7 Å². The van der Waals surface area contributed by atoms with Crippen LogP contribution in [0.4, 0.5) is 0 Å². The Bertz CT molecular complexity index is 498. The normalized spacial score (nSPS) is 21.1. The van der Waals surface area contributed by atoms with Gasteiger partial charge in [-0.3, -0.25) is 19.5 Å². The Morgan fingerprint density at radius 2 is 1.80 bits per heavy atom. The fraction of sp³-hybridized carbons (Fsp3) is 0.800. The highest BCUT2D eigenvalue weighted by molar-refractivity contribution is 5.20. The molecule has 2 aliphatic rings. The van der Waals surface area contributed by atoms with Gasteiger partial charge in [0, 0.05) is 25.7 Å². The van der Waals surface area contributed by atoms with Gasteiger partial charge in [0.2, 0.25) is 0 Å². The molecule has 0 bridgehead atoms. The summed E-state index contributed by atoms with van der Waals surface area (Å²) in [4.78, 5) is 16.8. The largest absolute Gasteiger partial charge is 0.303 e. The zero-order valence-electron chi connectivity index (χ0n) is 12.5. The lowest BCUT2D eigenvalue weighted by molar-refractivity contribution is 0.194. The van der Waals surface area contributed by atoms with Gasteiger partial charge in [-0.1, -0.05) is 6.42 Å². The molecule has 112 valence electrons. The highest BCUT2D eigenvalue weighted by Gasteiger charge is 2.21. The number of nitrogens with zero attached hydrogens (tertiary/aromatic N) is 3. The van der Waals surface area contributed by atoms with Gasteiger partial charge in [-0.25, -0.2) is 0 Å². The summed E-state index contributed by atoms with van der Waals surface area (Å²) in [5.74, 6) is 0. The molecular formula is C15H26N4O. The van der Waals surface area contributed by atoms with Crippen LogP contribution in [0.5, 0.6) is 0 Å². The van der Waals surface area contributed by atoms with Crippen LogP contribution in [0.15, 0.2) is 4.79 Å². The molecule has 2 aliphatic heterocycles. The molecule has 1 aromatic heterocycles. The lowest BCUT2D eigenvalue weighted by Gasteiger charge is -2.30. The number of hydrogen-bond donors (Lipinski definition) is 1. The molecule has 1 aromatic rings. The lowest BCUT2D eigenvalue weighted by Crippen LogP contribution is -2.36. The maximum Gasteiger partial charge on any atom is 0.267 e. The van der Waals surface area contributed by atoms with Crippen LogP contribution >= 0.6 is 0 Å². The summed E-state index contributed by atoms with van der Waals surface area (Å²) in [6.07, 6.45) is 6.30. The Labute approximate surface area is 120 Å². The molecule has 0 spiro atoms. The molecule has 20 heavy (non-hydrogen) atoms. The van der Waals surface area contributed by atoms with E-state index in [4.69, 9.17) is 0 Å². The summed E-state index contributed by atoms with van der Waals surface area (Å²) < 4.78 is 1.90. The Morgan fingerprint density at radius 3 is 2.60 bits per heavy atom. The van der Waals surface area contributed by atoms with E-state index < -0.39 is 0 Å². The molecule has 0 amide bonds. The predicted octanol–water partition coefficient (Wildman–Crippen LogP) is 0.948. The number of hydrogen-bond acceptors (Lipinski definition) is 3. The van der Waals surface area contributed by atoms with E-state index in [1.165, 1.54) is 51.0 Å². The molecule has 1 N–H and O–H groups in total. The number of aromatic amines is 1. The van der Waals surface area contributed by atoms with E-state index in [0.717, 1.165) is 31.6 Å². The quantitative estimate of drug-likeness (QED) is 0.892. The molecule has 0 atom stereocenters. The fourth-order valence-corrected chi connectivity index (χ4v) is 3.53. The van der Waals surface area contributed by atoms with Gasteiger partial charge in [0.25, 0.3) is 5.56 Å². The van der Waals surface area contributed by atoms with Gasteiger partial charge >= 0.3 is 0 Å².